The maximum absolute atomic E-state index is 11.3. The average Bonchev–Trinajstić information content (AvgIpc) is 3.07. The van der Waals surface area contributed by atoms with Crippen LogP contribution in [-0.4, -0.2) is 26.0 Å². The van der Waals surface area contributed by atoms with Crippen LogP contribution in [0, 0.1) is 0 Å². The molecule has 0 bridgehead atoms. The molecule has 0 atom stereocenters. The van der Waals surface area contributed by atoms with Crippen molar-refractivity contribution in [1.82, 2.24) is 0 Å². The van der Waals surface area contributed by atoms with Gasteiger partial charge in [-0.05, 0) is 31.2 Å². The van der Waals surface area contributed by atoms with Crippen LogP contribution in [0.2, 0.25) is 0 Å². The molecule has 5 nitrogen and oxygen atoms in total. The molecule has 100 valence electrons. The topological polar surface area (TPSA) is 98.2 Å². The lowest BCUT2D eigenvalue weighted by Gasteiger charge is -2.16. The van der Waals surface area contributed by atoms with Crippen molar-refractivity contribution in [2.24, 2.45) is 5.14 Å². The first kappa shape index (κ1) is 13.5. The number of anilines is 2. The summed E-state index contributed by atoms with van der Waals surface area (Å²) in [6.07, 6.45) is 4.44. The standard InChI is InChI=1S/C11H17N3O2S2/c1-17-11(5-6-11)7-14-8-3-2-4-9(10(8)12)18(13,15)16/h2-4,14H,5-7,12H2,1H3,(H2,13,15,16). The second-order valence-electron chi connectivity index (χ2n) is 4.50. The summed E-state index contributed by atoms with van der Waals surface area (Å²) in [5.74, 6) is 0. The minimum Gasteiger partial charge on any atom is -0.396 e. The number of primary sulfonamides is 1. The average molecular weight is 287 g/mol. The Morgan fingerprint density at radius 1 is 1.44 bits per heavy atom. The molecule has 1 aromatic rings. The van der Waals surface area contributed by atoms with Crippen LogP contribution < -0.4 is 16.2 Å². The van der Waals surface area contributed by atoms with Crippen molar-refractivity contribution in [2.75, 3.05) is 23.9 Å². The Balaban J connectivity index is 2.19. The first-order valence-electron chi connectivity index (χ1n) is 5.58. The highest BCUT2D eigenvalue weighted by Crippen LogP contribution is 2.47. The van der Waals surface area contributed by atoms with E-state index in [1.807, 2.05) is 11.8 Å². The van der Waals surface area contributed by atoms with E-state index in [1.54, 1.807) is 12.1 Å². The van der Waals surface area contributed by atoms with Crippen LogP contribution in [0.25, 0.3) is 0 Å². The van der Waals surface area contributed by atoms with Gasteiger partial charge < -0.3 is 11.1 Å². The first-order chi connectivity index (χ1) is 8.38. The Hall–Kier alpha value is -0.920. The van der Waals surface area contributed by atoms with E-state index in [1.165, 1.54) is 18.9 Å². The number of rotatable bonds is 5. The van der Waals surface area contributed by atoms with Gasteiger partial charge in [-0.15, -0.1) is 0 Å². The van der Waals surface area contributed by atoms with Crippen molar-refractivity contribution in [3.05, 3.63) is 18.2 Å². The third-order valence-corrected chi connectivity index (χ3v) is 5.60. The quantitative estimate of drug-likeness (QED) is 0.707. The number of para-hydroxylation sites is 1. The molecule has 1 aromatic carbocycles. The summed E-state index contributed by atoms with van der Waals surface area (Å²) in [4.78, 5) is -0.0264. The summed E-state index contributed by atoms with van der Waals surface area (Å²) in [7, 11) is -3.77. The molecule has 1 aliphatic carbocycles. The summed E-state index contributed by atoms with van der Waals surface area (Å²) in [6, 6.07) is 4.81. The molecule has 0 aliphatic heterocycles. The van der Waals surface area contributed by atoms with Crippen molar-refractivity contribution >= 4 is 33.2 Å². The number of sulfonamides is 1. The molecule has 0 radical (unpaired) electrons. The van der Waals surface area contributed by atoms with Gasteiger partial charge in [-0.3, -0.25) is 0 Å². The number of hydrogen-bond acceptors (Lipinski definition) is 5. The zero-order valence-corrected chi connectivity index (χ0v) is 11.8. The zero-order valence-electron chi connectivity index (χ0n) is 10.1. The van der Waals surface area contributed by atoms with Crippen molar-refractivity contribution in [3.63, 3.8) is 0 Å². The van der Waals surface area contributed by atoms with E-state index in [9.17, 15) is 8.42 Å². The molecular formula is C11H17N3O2S2. The summed E-state index contributed by atoms with van der Waals surface area (Å²) >= 11 is 1.83. The smallest absolute Gasteiger partial charge is 0.240 e. The van der Waals surface area contributed by atoms with Gasteiger partial charge >= 0.3 is 0 Å². The predicted octanol–water partition coefficient (Wildman–Crippen LogP) is 1.22. The number of benzene rings is 1. The molecular weight excluding hydrogens is 270 g/mol. The number of nitrogen functional groups attached to an aromatic ring is 1. The number of nitrogens with two attached hydrogens (primary N) is 2. The SMILES string of the molecule is CSC1(CNc2cccc(S(N)(=O)=O)c2N)CC1. The van der Waals surface area contributed by atoms with Crippen LogP contribution in [0.5, 0.6) is 0 Å². The molecule has 1 aliphatic rings. The summed E-state index contributed by atoms with van der Waals surface area (Å²) in [5, 5.41) is 8.32. The van der Waals surface area contributed by atoms with Crippen LogP contribution in [0.1, 0.15) is 12.8 Å². The second kappa shape index (κ2) is 4.64. The lowest BCUT2D eigenvalue weighted by Crippen LogP contribution is -2.20. The van der Waals surface area contributed by atoms with Crippen LogP contribution in [0.15, 0.2) is 23.1 Å². The third kappa shape index (κ3) is 2.73. The molecule has 1 saturated carbocycles. The summed E-state index contributed by atoms with van der Waals surface area (Å²) < 4.78 is 23.0. The van der Waals surface area contributed by atoms with Gasteiger partial charge in [0.2, 0.25) is 10.0 Å². The molecule has 0 aromatic heterocycles. The minimum absolute atomic E-state index is 0.0264. The highest BCUT2D eigenvalue weighted by atomic mass is 32.2. The molecule has 0 amide bonds. The third-order valence-electron chi connectivity index (χ3n) is 3.21. The lowest BCUT2D eigenvalue weighted by molar-refractivity contribution is 0.598. The van der Waals surface area contributed by atoms with Gasteiger partial charge in [-0.25, -0.2) is 13.6 Å². The number of nitrogens with one attached hydrogen (secondary N) is 1. The molecule has 0 spiro atoms. The van der Waals surface area contributed by atoms with Crippen molar-refractivity contribution < 1.29 is 8.42 Å². The Bertz CT molecular complexity index is 553. The summed E-state index contributed by atoms with van der Waals surface area (Å²) in [6.45, 7) is 0.784. The fourth-order valence-corrected chi connectivity index (χ4v) is 3.21. The van der Waals surface area contributed by atoms with Gasteiger partial charge in [0.05, 0.1) is 11.4 Å². The van der Waals surface area contributed by atoms with Crippen LogP contribution in [0.4, 0.5) is 11.4 Å². The highest BCUT2D eigenvalue weighted by Gasteiger charge is 2.41. The molecule has 1 fully saturated rings. The summed E-state index contributed by atoms with van der Waals surface area (Å²) in [5.41, 5.74) is 6.65. The fraction of sp³-hybridized carbons (Fsp3) is 0.455. The van der Waals surface area contributed by atoms with Gasteiger partial charge in [0.1, 0.15) is 4.90 Å². The molecule has 18 heavy (non-hydrogen) atoms. The Kier molecular flexibility index (Phi) is 3.48. The normalized spacial score (nSPS) is 17.4. The molecule has 7 heteroatoms. The van der Waals surface area contributed by atoms with Gasteiger partial charge in [-0.2, -0.15) is 11.8 Å². The number of hydrogen-bond donors (Lipinski definition) is 3. The fourth-order valence-electron chi connectivity index (χ4n) is 1.80. The van der Waals surface area contributed by atoms with Gasteiger partial charge in [0, 0.05) is 11.3 Å². The van der Waals surface area contributed by atoms with Gasteiger partial charge in [-0.1, -0.05) is 6.07 Å². The van der Waals surface area contributed by atoms with Crippen LogP contribution in [0.3, 0.4) is 0 Å². The first-order valence-corrected chi connectivity index (χ1v) is 8.35. The van der Waals surface area contributed by atoms with E-state index < -0.39 is 10.0 Å². The van der Waals surface area contributed by atoms with E-state index in [2.05, 4.69) is 11.6 Å². The van der Waals surface area contributed by atoms with Gasteiger partial charge in [0.25, 0.3) is 0 Å². The molecule has 5 N–H and O–H groups in total. The van der Waals surface area contributed by atoms with E-state index in [4.69, 9.17) is 10.9 Å². The van der Waals surface area contributed by atoms with E-state index in [0.717, 1.165) is 6.54 Å². The monoisotopic (exact) mass is 287 g/mol. The van der Waals surface area contributed by atoms with Crippen molar-refractivity contribution in [2.45, 2.75) is 22.5 Å². The molecule has 0 unspecified atom stereocenters. The molecule has 0 saturated heterocycles. The lowest BCUT2D eigenvalue weighted by atomic mass is 10.2. The van der Waals surface area contributed by atoms with Crippen molar-refractivity contribution in [3.8, 4) is 0 Å². The Labute approximate surface area is 111 Å². The second-order valence-corrected chi connectivity index (χ2v) is 7.31. The highest BCUT2D eigenvalue weighted by molar-refractivity contribution is 8.00. The van der Waals surface area contributed by atoms with Gasteiger partial charge in [0.15, 0.2) is 0 Å². The Morgan fingerprint density at radius 2 is 2.11 bits per heavy atom. The van der Waals surface area contributed by atoms with Crippen LogP contribution >= 0.6 is 11.8 Å². The molecule has 0 heterocycles. The Morgan fingerprint density at radius 3 is 2.61 bits per heavy atom. The maximum atomic E-state index is 11.3. The zero-order chi connectivity index (χ0) is 13.4. The molecule has 2 rings (SSSR count). The van der Waals surface area contributed by atoms with E-state index >= 15 is 0 Å². The maximum Gasteiger partial charge on any atom is 0.240 e. The van der Waals surface area contributed by atoms with Crippen LogP contribution in [-0.2, 0) is 10.0 Å². The minimum atomic E-state index is -3.77. The number of thioether (sulfide) groups is 1. The van der Waals surface area contributed by atoms with Crippen molar-refractivity contribution in [1.29, 1.82) is 0 Å². The predicted molar refractivity (Wildman–Crippen MR) is 76.2 cm³/mol. The largest absolute Gasteiger partial charge is 0.396 e. The van der Waals surface area contributed by atoms with E-state index in [0.29, 0.717) is 5.69 Å². The van der Waals surface area contributed by atoms with E-state index in [-0.39, 0.29) is 15.3 Å².